The van der Waals surface area contributed by atoms with Crippen LogP contribution in [0.4, 0.5) is 5.69 Å². The topological polar surface area (TPSA) is 95.4 Å². The van der Waals surface area contributed by atoms with Gasteiger partial charge < -0.3 is 16.2 Å². The predicted molar refractivity (Wildman–Crippen MR) is 156 cm³/mol. The molecule has 3 aromatic rings. The average Bonchev–Trinajstić information content (AvgIpc) is 2.88. The molecule has 6 heteroatoms. The number of hydrogen-bond donors (Lipinski definition) is 4. The average molecular weight is 501 g/mol. The van der Waals surface area contributed by atoms with Crippen molar-refractivity contribution in [3.63, 3.8) is 0 Å². The van der Waals surface area contributed by atoms with Crippen LogP contribution in [0, 0.1) is 12.3 Å². The van der Waals surface area contributed by atoms with Gasteiger partial charge in [0.1, 0.15) is 5.75 Å². The Labute approximate surface area is 220 Å². The minimum Gasteiger partial charge on any atom is -0.506 e. The zero-order valence-corrected chi connectivity index (χ0v) is 22.4. The molecule has 0 aliphatic rings. The third-order valence-electron chi connectivity index (χ3n) is 5.70. The third-order valence-corrected chi connectivity index (χ3v) is 6.00. The van der Waals surface area contributed by atoms with Crippen LogP contribution in [-0.4, -0.2) is 22.5 Å². The SMILES string of the molecule is CC/C(C)=C(C=Nc1ccc(-c2cncc(O)c2)cc1C)\C(C=N)=C\N.CCCc1ccc(S)cc1. The van der Waals surface area contributed by atoms with Gasteiger partial charge in [-0.1, -0.05) is 44.0 Å². The molecule has 0 aliphatic heterocycles. The van der Waals surface area contributed by atoms with Gasteiger partial charge in [-0.3, -0.25) is 9.98 Å². The highest BCUT2D eigenvalue weighted by atomic mass is 32.1. The van der Waals surface area contributed by atoms with Gasteiger partial charge in [-0.25, -0.2) is 0 Å². The van der Waals surface area contributed by atoms with Crippen molar-refractivity contribution < 1.29 is 5.11 Å². The zero-order chi connectivity index (χ0) is 26.5. The number of aromatic hydroxyl groups is 1. The van der Waals surface area contributed by atoms with E-state index in [-0.39, 0.29) is 5.75 Å². The van der Waals surface area contributed by atoms with Crippen LogP contribution in [0.2, 0.25) is 0 Å². The van der Waals surface area contributed by atoms with Crippen LogP contribution in [0.3, 0.4) is 0 Å². The van der Waals surface area contributed by atoms with E-state index < -0.39 is 0 Å². The fraction of sp³-hybridized carbons (Fsp3) is 0.233. The first-order valence-electron chi connectivity index (χ1n) is 12.0. The molecule has 0 spiro atoms. The molecule has 0 aliphatic carbocycles. The molecule has 0 saturated heterocycles. The van der Waals surface area contributed by atoms with Crippen molar-refractivity contribution in [3.8, 4) is 16.9 Å². The predicted octanol–water partition coefficient (Wildman–Crippen LogP) is 7.61. The summed E-state index contributed by atoms with van der Waals surface area (Å²) < 4.78 is 0. The Hall–Kier alpha value is -3.64. The molecule has 0 saturated carbocycles. The second kappa shape index (κ2) is 14.7. The van der Waals surface area contributed by atoms with Gasteiger partial charge >= 0.3 is 0 Å². The molecule has 0 radical (unpaired) electrons. The largest absolute Gasteiger partial charge is 0.506 e. The van der Waals surface area contributed by atoms with Gasteiger partial charge in [-0.15, -0.1) is 12.6 Å². The zero-order valence-electron chi connectivity index (χ0n) is 21.5. The number of thiol groups is 1. The van der Waals surface area contributed by atoms with Gasteiger partial charge in [0.15, 0.2) is 0 Å². The van der Waals surface area contributed by atoms with Crippen LogP contribution in [0.5, 0.6) is 5.75 Å². The first-order valence-corrected chi connectivity index (χ1v) is 12.5. The Morgan fingerprint density at radius 2 is 1.81 bits per heavy atom. The summed E-state index contributed by atoms with van der Waals surface area (Å²) in [6, 6.07) is 15.9. The molecule has 0 atom stereocenters. The van der Waals surface area contributed by atoms with Gasteiger partial charge in [-0.05, 0) is 73.7 Å². The number of pyridine rings is 1. The van der Waals surface area contributed by atoms with Crippen LogP contribution in [0.15, 0.2) is 93.7 Å². The molecule has 0 bridgehead atoms. The summed E-state index contributed by atoms with van der Waals surface area (Å²) in [5, 5.41) is 17.1. The summed E-state index contributed by atoms with van der Waals surface area (Å²) in [4.78, 5) is 9.65. The maximum Gasteiger partial charge on any atom is 0.134 e. The van der Waals surface area contributed by atoms with E-state index in [9.17, 15) is 5.11 Å². The molecule has 0 fully saturated rings. The smallest absolute Gasteiger partial charge is 0.134 e. The minimum atomic E-state index is 0.139. The van der Waals surface area contributed by atoms with Gasteiger partial charge in [-0.2, -0.15) is 0 Å². The van der Waals surface area contributed by atoms with Crippen LogP contribution in [-0.2, 0) is 6.42 Å². The normalized spacial score (nSPS) is 12.1. The van der Waals surface area contributed by atoms with Gasteiger partial charge in [0.05, 0.1) is 11.9 Å². The molecule has 4 N–H and O–H groups in total. The fourth-order valence-corrected chi connectivity index (χ4v) is 3.64. The van der Waals surface area contributed by atoms with Crippen LogP contribution in [0.1, 0.15) is 44.7 Å². The molecule has 3 rings (SSSR count). The van der Waals surface area contributed by atoms with Gasteiger partial charge in [0.25, 0.3) is 0 Å². The molecular weight excluding hydrogens is 464 g/mol. The maximum atomic E-state index is 9.59. The van der Waals surface area contributed by atoms with Crippen molar-refractivity contribution in [3.05, 3.63) is 95.0 Å². The number of aliphatic imine (C=N–C) groups is 1. The lowest BCUT2D eigenvalue weighted by Crippen LogP contribution is -2.00. The van der Waals surface area contributed by atoms with Crippen molar-refractivity contribution in [1.82, 2.24) is 4.98 Å². The summed E-state index contributed by atoms with van der Waals surface area (Å²) in [5.41, 5.74) is 13.3. The van der Waals surface area contributed by atoms with E-state index in [0.717, 1.165) is 44.8 Å². The number of allylic oxidation sites excluding steroid dienone is 3. The van der Waals surface area contributed by atoms with E-state index in [1.807, 2.05) is 44.2 Å². The summed E-state index contributed by atoms with van der Waals surface area (Å²) >= 11 is 4.20. The van der Waals surface area contributed by atoms with Crippen molar-refractivity contribution in [2.75, 3.05) is 0 Å². The molecule has 1 heterocycles. The molecule has 36 heavy (non-hydrogen) atoms. The van der Waals surface area contributed by atoms with E-state index >= 15 is 0 Å². The van der Waals surface area contributed by atoms with Crippen LogP contribution >= 0.6 is 12.6 Å². The summed E-state index contributed by atoms with van der Waals surface area (Å²) in [5.74, 6) is 0.139. The first-order chi connectivity index (χ1) is 17.3. The summed E-state index contributed by atoms with van der Waals surface area (Å²) in [6.07, 6.45) is 10.8. The second-order valence-corrected chi connectivity index (χ2v) is 8.94. The van der Waals surface area contributed by atoms with Crippen LogP contribution in [0.25, 0.3) is 11.1 Å². The lowest BCUT2D eigenvalue weighted by Gasteiger charge is -2.08. The highest BCUT2D eigenvalue weighted by Gasteiger charge is 2.06. The van der Waals surface area contributed by atoms with Crippen molar-refractivity contribution >= 4 is 30.7 Å². The molecule has 0 amide bonds. The third kappa shape index (κ3) is 8.54. The molecule has 1 aromatic heterocycles. The monoisotopic (exact) mass is 500 g/mol. The van der Waals surface area contributed by atoms with Crippen molar-refractivity contribution in [2.24, 2.45) is 10.7 Å². The Kier molecular flexibility index (Phi) is 11.7. The first kappa shape index (κ1) is 28.6. The minimum absolute atomic E-state index is 0.139. The number of rotatable bonds is 8. The molecule has 2 aromatic carbocycles. The quantitative estimate of drug-likeness (QED) is 0.146. The molecule has 5 nitrogen and oxygen atoms in total. The molecule has 188 valence electrons. The van der Waals surface area contributed by atoms with E-state index in [0.29, 0.717) is 5.57 Å². The number of nitrogens with one attached hydrogen (secondary N) is 1. The molecule has 0 unspecified atom stereocenters. The lowest BCUT2D eigenvalue weighted by molar-refractivity contribution is 0.473. The maximum absolute atomic E-state index is 9.59. The Balaban J connectivity index is 0.000000380. The number of nitrogens with two attached hydrogens (primary N) is 1. The standard InChI is InChI=1S/C21H24N4O.C9H12S/c1-4-14(2)20(18(9-22)10-23)13-25-21-6-5-16(7-15(21)3)17-8-19(26)12-24-11-17;1-2-3-8-4-6-9(10)7-5-8/h5-13,22,26H,4,23H2,1-3H3;4-7,10H,2-3H2,1H3/b18-10+,20-14-,22-9?,25-13?;. The van der Waals surface area contributed by atoms with Crippen molar-refractivity contribution in [1.29, 1.82) is 5.41 Å². The fourth-order valence-electron chi connectivity index (χ4n) is 3.49. The van der Waals surface area contributed by atoms with E-state index in [1.54, 1.807) is 18.5 Å². The second-order valence-electron chi connectivity index (χ2n) is 8.42. The van der Waals surface area contributed by atoms with E-state index in [1.165, 1.54) is 37.0 Å². The number of aryl methyl sites for hydroxylation is 2. The van der Waals surface area contributed by atoms with E-state index in [2.05, 4.69) is 48.6 Å². The Bertz CT molecular complexity index is 1240. The number of nitrogens with zero attached hydrogens (tertiary/aromatic N) is 2. The summed E-state index contributed by atoms with van der Waals surface area (Å²) in [7, 11) is 0. The number of benzene rings is 2. The van der Waals surface area contributed by atoms with Gasteiger partial charge in [0, 0.05) is 46.4 Å². The van der Waals surface area contributed by atoms with Gasteiger partial charge in [0.2, 0.25) is 0 Å². The highest BCUT2D eigenvalue weighted by Crippen LogP contribution is 2.28. The summed E-state index contributed by atoms with van der Waals surface area (Å²) in [6.45, 7) is 8.25. The number of hydrogen-bond acceptors (Lipinski definition) is 6. The van der Waals surface area contributed by atoms with E-state index in [4.69, 9.17) is 11.1 Å². The van der Waals surface area contributed by atoms with Crippen molar-refractivity contribution in [2.45, 2.75) is 51.9 Å². The number of aromatic nitrogens is 1. The lowest BCUT2D eigenvalue weighted by atomic mass is 10.0. The molecular formula is C30H36N4OS. The Morgan fingerprint density at radius 1 is 1.08 bits per heavy atom. The van der Waals surface area contributed by atoms with Crippen LogP contribution < -0.4 is 5.73 Å². The Morgan fingerprint density at radius 3 is 2.36 bits per heavy atom. The highest BCUT2D eigenvalue weighted by molar-refractivity contribution is 7.80.